The molecule has 0 saturated carbocycles. The van der Waals surface area contributed by atoms with E-state index < -0.39 is 0 Å². The summed E-state index contributed by atoms with van der Waals surface area (Å²) in [5, 5.41) is 15.1. The van der Waals surface area contributed by atoms with E-state index in [9.17, 15) is 4.79 Å². The van der Waals surface area contributed by atoms with Crippen LogP contribution in [0, 0.1) is 12.8 Å². The molecule has 18 heavy (non-hydrogen) atoms. The fourth-order valence-electron chi connectivity index (χ4n) is 1.43. The number of anilines is 1. The van der Waals surface area contributed by atoms with Gasteiger partial charge in [-0.25, -0.2) is 4.79 Å². The normalized spacial score (nSPS) is 12.3. The van der Waals surface area contributed by atoms with Gasteiger partial charge in [0.25, 0.3) is 0 Å². The van der Waals surface area contributed by atoms with Crippen LogP contribution in [0.4, 0.5) is 10.5 Å². The number of rotatable bonds is 4. The van der Waals surface area contributed by atoms with E-state index in [0.717, 1.165) is 5.56 Å². The third-order valence-corrected chi connectivity index (χ3v) is 3.15. The molecule has 4 nitrogen and oxygen atoms in total. The van der Waals surface area contributed by atoms with Crippen LogP contribution in [0.2, 0.25) is 5.02 Å². The fraction of sp³-hybridized carbons (Fsp3) is 0.462. The Labute approximate surface area is 112 Å². The quantitative estimate of drug-likeness (QED) is 0.788. The van der Waals surface area contributed by atoms with Gasteiger partial charge in [0.05, 0.1) is 12.6 Å². The van der Waals surface area contributed by atoms with Gasteiger partial charge in [0, 0.05) is 10.7 Å². The standard InChI is InChI=1S/C13H19ClN2O2/c1-8(2)12(7-17)16-13(18)15-10-5-4-9(3)11(14)6-10/h4-6,8,12,17H,7H2,1-3H3,(H2,15,16,18)/t12-/m1/s1. The predicted octanol–water partition coefficient (Wildman–Crippen LogP) is 2.79. The molecule has 0 heterocycles. The minimum absolute atomic E-state index is 0.0836. The highest BCUT2D eigenvalue weighted by molar-refractivity contribution is 6.31. The van der Waals surface area contributed by atoms with Crippen molar-refractivity contribution in [3.8, 4) is 0 Å². The van der Waals surface area contributed by atoms with Gasteiger partial charge >= 0.3 is 6.03 Å². The van der Waals surface area contributed by atoms with E-state index in [2.05, 4.69) is 10.6 Å². The van der Waals surface area contributed by atoms with Crippen LogP contribution in [0.5, 0.6) is 0 Å². The molecule has 3 N–H and O–H groups in total. The van der Waals surface area contributed by atoms with Crippen molar-refractivity contribution in [2.24, 2.45) is 5.92 Å². The number of urea groups is 1. The largest absolute Gasteiger partial charge is 0.394 e. The molecule has 0 radical (unpaired) electrons. The summed E-state index contributed by atoms with van der Waals surface area (Å²) in [5.41, 5.74) is 1.58. The minimum Gasteiger partial charge on any atom is -0.394 e. The van der Waals surface area contributed by atoms with E-state index in [1.165, 1.54) is 0 Å². The third kappa shape index (κ3) is 4.20. The molecule has 0 aliphatic carbocycles. The smallest absolute Gasteiger partial charge is 0.319 e. The van der Waals surface area contributed by atoms with Crippen LogP contribution in [0.3, 0.4) is 0 Å². The topological polar surface area (TPSA) is 61.4 Å². The average Bonchev–Trinajstić information content (AvgIpc) is 2.30. The number of carbonyl (C=O) groups is 1. The number of aliphatic hydroxyl groups is 1. The number of carbonyl (C=O) groups excluding carboxylic acids is 1. The number of benzene rings is 1. The van der Waals surface area contributed by atoms with Crippen LogP contribution in [0.25, 0.3) is 0 Å². The molecule has 1 aromatic rings. The maximum absolute atomic E-state index is 11.7. The van der Waals surface area contributed by atoms with Crippen molar-refractivity contribution in [1.29, 1.82) is 0 Å². The van der Waals surface area contributed by atoms with Crippen LogP contribution in [0.15, 0.2) is 18.2 Å². The molecule has 1 rings (SSSR count). The average molecular weight is 271 g/mol. The Morgan fingerprint density at radius 3 is 2.61 bits per heavy atom. The lowest BCUT2D eigenvalue weighted by Crippen LogP contribution is -2.43. The van der Waals surface area contributed by atoms with Gasteiger partial charge in [-0.3, -0.25) is 0 Å². The van der Waals surface area contributed by atoms with Gasteiger partial charge in [0.1, 0.15) is 0 Å². The second kappa shape index (κ2) is 6.61. The van der Waals surface area contributed by atoms with Gasteiger partial charge in [0.2, 0.25) is 0 Å². The Bertz CT molecular complexity index is 421. The summed E-state index contributed by atoms with van der Waals surface area (Å²) in [6, 6.07) is 4.71. The number of aryl methyl sites for hydroxylation is 1. The summed E-state index contributed by atoms with van der Waals surface area (Å²) < 4.78 is 0. The zero-order valence-corrected chi connectivity index (χ0v) is 11.6. The second-order valence-electron chi connectivity index (χ2n) is 4.60. The van der Waals surface area contributed by atoms with E-state index >= 15 is 0 Å². The molecule has 0 bridgehead atoms. The molecular formula is C13H19ClN2O2. The first-order chi connectivity index (χ1) is 8.43. The first-order valence-electron chi connectivity index (χ1n) is 5.88. The Balaban J connectivity index is 2.61. The summed E-state index contributed by atoms with van der Waals surface area (Å²) >= 11 is 5.97. The number of hydrogen-bond acceptors (Lipinski definition) is 2. The molecule has 0 aliphatic rings. The second-order valence-corrected chi connectivity index (χ2v) is 5.00. The van der Waals surface area contributed by atoms with E-state index in [4.69, 9.17) is 16.7 Å². The Kier molecular flexibility index (Phi) is 5.44. The number of hydrogen-bond donors (Lipinski definition) is 3. The SMILES string of the molecule is Cc1ccc(NC(=O)N[C@H](CO)C(C)C)cc1Cl. The van der Waals surface area contributed by atoms with Gasteiger partial charge < -0.3 is 15.7 Å². The van der Waals surface area contributed by atoms with E-state index in [1.807, 2.05) is 26.8 Å². The molecule has 1 aromatic carbocycles. The Morgan fingerprint density at radius 1 is 1.44 bits per heavy atom. The zero-order chi connectivity index (χ0) is 13.7. The van der Waals surface area contributed by atoms with Crippen LogP contribution in [-0.4, -0.2) is 23.8 Å². The molecule has 0 aromatic heterocycles. The van der Waals surface area contributed by atoms with Crippen molar-refractivity contribution < 1.29 is 9.90 Å². The predicted molar refractivity (Wildman–Crippen MR) is 74.1 cm³/mol. The molecule has 0 unspecified atom stereocenters. The van der Waals surface area contributed by atoms with Crippen LogP contribution in [0.1, 0.15) is 19.4 Å². The first-order valence-corrected chi connectivity index (χ1v) is 6.26. The van der Waals surface area contributed by atoms with Crippen molar-refractivity contribution in [1.82, 2.24) is 5.32 Å². The Morgan fingerprint density at radius 2 is 2.11 bits per heavy atom. The molecule has 100 valence electrons. The molecule has 0 spiro atoms. The highest BCUT2D eigenvalue weighted by Crippen LogP contribution is 2.19. The summed E-state index contributed by atoms with van der Waals surface area (Å²) in [6.07, 6.45) is 0. The molecule has 2 amide bonds. The van der Waals surface area contributed by atoms with E-state index in [0.29, 0.717) is 10.7 Å². The van der Waals surface area contributed by atoms with Crippen molar-refractivity contribution >= 4 is 23.3 Å². The lowest BCUT2D eigenvalue weighted by molar-refractivity contribution is 0.204. The zero-order valence-electron chi connectivity index (χ0n) is 10.8. The summed E-state index contributed by atoms with van der Waals surface area (Å²) in [7, 11) is 0. The third-order valence-electron chi connectivity index (χ3n) is 2.75. The van der Waals surface area contributed by atoms with Gasteiger partial charge in [-0.1, -0.05) is 31.5 Å². The number of nitrogens with one attached hydrogen (secondary N) is 2. The van der Waals surface area contributed by atoms with Gasteiger partial charge in [-0.15, -0.1) is 0 Å². The van der Waals surface area contributed by atoms with Crippen molar-refractivity contribution in [2.75, 3.05) is 11.9 Å². The maximum Gasteiger partial charge on any atom is 0.319 e. The highest BCUT2D eigenvalue weighted by atomic mass is 35.5. The lowest BCUT2D eigenvalue weighted by atomic mass is 10.1. The van der Waals surface area contributed by atoms with Gasteiger partial charge in [-0.2, -0.15) is 0 Å². The number of amides is 2. The van der Waals surface area contributed by atoms with E-state index in [-0.39, 0.29) is 24.6 Å². The van der Waals surface area contributed by atoms with Crippen LogP contribution in [-0.2, 0) is 0 Å². The summed E-state index contributed by atoms with van der Waals surface area (Å²) in [6.45, 7) is 5.68. The van der Waals surface area contributed by atoms with Crippen LogP contribution >= 0.6 is 11.6 Å². The number of aliphatic hydroxyl groups excluding tert-OH is 1. The molecule has 1 atom stereocenters. The monoisotopic (exact) mass is 270 g/mol. The molecule has 0 aliphatic heterocycles. The first kappa shape index (κ1) is 14.8. The highest BCUT2D eigenvalue weighted by Gasteiger charge is 2.14. The van der Waals surface area contributed by atoms with Crippen molar-refractivity contribution in [3.05, 3.63) is 28.8 Å². The minimum atomic E-state index is -0.345. The van der Waals surface area contributed by atoms with Crippen molar-refractivity contribution in [2.45, 2.75) is 26.8 Å². The van der Waals surface area contributed by atoms with Crippen molar-refractivity contribution in [3.63, 3.8) is 0 Å². The van der Waals surface area contributed by atoms with E-state index in [1.54, 1.807) is 12.1 Å². The lowest BCUT2D eigenvalue weighted by Gasteiger charge is -2.20. The molecule has 5 heteroatoms. The maximum atomic E-state index is 11.7. The molecule has 0 saturated heterocycles. The Hall–Kier alpha value is -1.26. The van der Waals surface area contributed by atoms with Crippen LogP contribution < -0.4 is 10.6 Å². The van der Waals surface area contributed by atoms with Gasteiger partial charge in [-0.05, 0) is 30.5 Å². The number of halogens is 1. The summed E-state index contributed by atoms with van der Waals surface area (Å²) in [4.78, 5) is 11.7. The molecular weight excluding hydrogens is 252 g/mol. The summed E-state index contributed by atoms with van der Waals surface area (Å²) in [5.74, 6) is 0.169. The van der Waals surface area contributed by atoms with Gasteiger partial charge in [0.15, 0.2) is 0 Å². The molecule has 0 fully saturated rings. The fourth-order valence-corrected chi connectivity index (χ4v) is 1.61.